The third-order valence-electron chi connectivity index (χ3n) is 3.37. The van der Waals surface area contributed by atoms with Gasteiger partial charge in [-0.1, -0.05) is 12.2 Å². The number of carbonyl (C=O) groups is 1. The third-order valence-corrected chi connectivity index (χ3v) is 3.37. The first-order valence-electron chi connectivity index (χ1n) is 4.94. The second-order valence-corrected chi connectivity index (χ2v) is 4.29. The van der Waals surface area contributed by atoms with Crippen molar-refractivity contribution in [3.8, 4) is 0 Å². The lowest BCUT2D eigenvalue weighted by Gasteiger charge is -2.35. The van der Waals surface area contributed by atoms with Gasteiger partial charge in [0.15, 0.2) is 0 Å². The van der Waals surface area contributed by atoms with Crippen LogP contribution in [0, 0.1) is 11.8 Å². The summed E-state index contributed by atoms with van der Waals surface area (Å²) in [7, 11) is 0. The SMILES string of the molecule is C=C1CC[C@H]2CCC(=O)C[C@H]2C1. The maximum absolute atomic E-state index is 11.2. The van der Waals surface area contributed by atoms with Crippen LogP contribution >= 0.6 is 0 Å². The van der Waals surface area contributed by atoms with E-state index < -0.39 is 0 Å². The summed E-state index contributed by atoms with van der Waals surface area (Å²) in [6, 6.07) is 0. The molecule has 0 bridgehead atoms. The van der Waals surface area contributed by atoms with E-state index in [2.05, 4.69) is 6.58 Å². The molecular weight excluding hydrogens is 148 g/mol. The van der Waals surface area contributed by atoms with Gasteiger partial charge >= 0.3 is 0 Å². The highest BCUT2D eigenvalue weighted by Gasteiger charge is 2.31. The molecule has 0 heterocycles. The predicted molar refractivity (Wildman–Crippen MR) is 48.8 cm³/mol. The molecule has 0 unspecified atom stereocenters. The predicted octanol–water partition coefficient (Wildman–Crippen LogP) is 2.71. The second kappa shape index (κ2) is 3.04. The molecule has 2 aliphatic rings. The minimum absolute atomic E-state index is 0.478. The molecule has 0 spiro atoms. The molecule has 0 aromatic heterocycles. The van der Waals surface area contributed by atoms with Gasteiger partial charge in [-0.15, -0.1) is 0 Å². The molecule has 0 N–H and O–H groups in total. The lowest BCUT2D eigenvalue weighted by atomic mass is 9.69. The largest absolute Gasteiger partial charge is 0.300 e. The Bertz CT molecular complexity index is 195. The highest BCUT2D eigenvalue weighted by Crippen LogP contribution is 2.40. The molecule has 12 heavy (non-hydrogen) atoms. The Morgan fingerprint density at radius 3 is 2.67 bits per heavy atom. The van der Waals surface area contributed by atoms with Crippen LogP contribution in [0.15, 0.2) is 12.2 Å². The Balaban J connectivity index is 2.03. The molecule has 2 saturated carbocycles. The van der Waals surface area contributed by atoms with Gasteiger partial charge in [-0.05, 0) is 37.5 Å². The van der Waals surface area contributed by atoms with Crippen molar-refractivity contribution < 1.29 is 4.79 Å². The minimum Gasteiger partial charge on any atom is -0.300 e. The minimum atomic E-state index is 0.478. The molecule has 2 aliphatic carbocycles. The van der Waals surface area contributed by atoms with E-state index in [1.807, 2.05) is 0 Å². The lowest BCUT2D eigenvalue weighted by molar-refractivity contribution is -0.122. The summed E-state index contributed by atoms with van der Waals surface area (Å²) in [5.74, 6) is 1.98. The highest BCUT2D eigenvalue weighted by atomic mass is 16.1. The Hall–Kier alpha value is -0.590. The van der Waals surface area contributed by atoms with Crippen LogP contribution in [0.1, 0.15) is 38.5 Å². The molecule has 2 rings (SSSR count). The quantitative estimate of drug-likeness (QED) is 0.503. The van der Waals surface area contributed by atoms with E-state index in [-0.39, 0.29) is 0 Å². The summed E-state index contributed by atoms with van der Waals surface area (Å²) in [6.45, 7) is 4.02. The first-order valence-corrected chi connectivity index (χ1v) is 4.94. The Labute approximate surface area is 73.8 Å². The number of fused-ring (bicyclic) bond motifs is 1. The number of ketones is 1. The topological polar surface area (TPSA) is 17.1 Å². The zero-order chi connectivity index (χ0) is 8.55. The van der Waals surface area contributed by atoms with Crippen LogP contribution in [0.4, 0.5) is 0 Å². The summed E-state index contributed by atoms with van der Waals surface area (Å²) in [6.07, 6.45) is 6.44. The van der Waals surface area contributed by atoms with Crippen LogP contribution in [0.3, 0.4) is 0 Å². The molecule has 2 fully saturated rings. The Morgan fingerprint density at radius 1 is 1.08 bits per heavy atom. The van der Waals surface area contributed by atoms with Crippen LogP contribution in [0.2, 0.25) is 0 Å². The molecule has 0 aliphatic heterocycles. The van der Waals surface area contributed by atoms with Crippen molar-refractivity contribution in [2.75, 3.05) is 0 Å². The van der Waals surface area contributed by atoms with E-state index >= 15 is 0 Å². The lowest BCUT2D eigenvalue weighted by Crippen LogP contribution is -2.28. The molecule has 0 saturated heterocycles. The second-order valence-electron chi connectivity index (χ2n) is 4.29. The zero-order valence-electron chi connectivity index (χ0n) is 7.51. The van der Waals surface area contributed by atoms with Crippen LogP contribution in [-0.2, 0) is 4.79 Å². The van der Waals surface area contributed by atoms with Crippen molar-refractivity contribution in [1.82, 2.24) is 0 Å². The summed E-state index contributed by atoms with van der Waals surface area (Å²) in [5, 5.41) is 0. The Kier molecular flexibility index (Phi) is 2.03. The van der Waals surface area contributed by atoms with Crippen LogP contribution < -0.4 is 0 Å². The van der Waals surface area contributed by atoms with E-state index in [1.54, 1.807) is 0 Å². The summed E-state index contributed by atoms with van der Waals surface area (Å²) < 4.78 is 0. The maximum Gasteiger partial charge on any atom is 0.133 e. The average molecular weight is 164 g/mol. The van der Waals surface area contributed by atoms with E-state index in [4.69, 9.17) is 0 Å². The van der Waals surface area contributed by atoms with Gasteiger partial charge in [-0.3, -0.25) is 4.79 Å². The molecule has 2 atom stereocenters. The number of rotatable bonds is 0. The van der Waals surface area contributed by atoms with Gasteiger partial charge < -0.3 is 0 Å². The standard InChI is InChI=1S/C11H16O/c1-8-2-3-9-4-5-11(12)7-10(9)6-8/h9-10H,1-7H2/t9-,10+/m0/s1. The van der Waals surface area contributed by atoms with Crippen LogP contribution in [0.25, 0.3) is 0 Å². The number of hydrogen-bond acceptors (Lipinski definition) is 1. The van der Waals surface area contributed by atoms with Gasteiger partial charge in [0, 0.05) is 12.8 Å². The summed E-state index contributed by atoms with van der Waals surface area (Å²) in [4.78, 5) is 11.2. The molecule has 66 valence electrons. The smallest absolute Gasteiger partial charge is 0.133 e. The number of allylic oxidation sites excluding steroid dienone is 1. The van der Waals surface area contributed by atoms with Gasteiger partial charge in [-0.2, -0.15) is 0 Å². The summed E-state index contributed by atoms with van der Waals surface area (Å²) >= 11 is 0. The van der Waals surface area contributed by atoms with Crippen molar-refractivity contribution in [2.24, 2.45) is 11.8 Å². The molecule has 0 aromatic rings. The molecular formula is C11H16O. The fraction of sp³-hybridized carbons (Fsp3) is 0.727. The van der Waals surface area contributed by atoms with E-state index in [9.17, 15) is 4.79 Å². The molecule has 0 amide bonds. The molecule has 0 radical (unpaired) electrons. The van der Waals surface area contributed by atoms with E-state index in [1.165, 1.54) is 18.4 Å². The van der Waals surface area contributed by atoms with E-state index in [0.29, 0.717) is 11.7 Å². The molecule has 1 heteroatoms. The maximum atomic E-state index is 11.2. The number of carbonyl (C=O) groups excluding carboxylic acids is 1. The Morgan fingerprint density at radius 2 is 1.83 bits per heavy atom. The fourth-order valence-corrected chi connectivity index (χ4v) is 2.62. The monoisotopic (exact) mass is 164 g/mol. The van der Waals surface area contributed by atoms with Gasteiger partial charge in [0.25, 0.3) is 0 Å². The van der Waals surface area contributed by atoms with Gasteiger partial charge in [0.05, 0.1) is 0 Å². The van der Waals surface area contributed by atoms with E-state index in [0.717, 1.165) is 31.6 Å². The van der Waals surface area contributed by atoms with Crippen molar-refractivity contribution >= 4 is 5.78 Å². The average Bonchev–Trinajstić information content (AvgIpc) is 2.03. The molecule has 1 nitrogen and oxygen atoms in total. The van der Waals surface area contributed by atoms with Gasteiger partial charge in [0.2, 0.25) is 0 Å². The van der Waals surface area contributed by atoms with Crippen molar-refractivity contribution in [1.29, 1.82) is 0 Å². The highest BCUT2D eigenvalue weighted by molar-refractivity contribution is 5.79. The zero-order valence-corrected chi connectivity index (χ0v) is 7.51. The van der Waals surface area contributed by atoms with Crippen molar-refractivity contribution in [3.05, 3.63) is 12.2 Å². The van der Waals surface area contributed by atoms with Gasteiger partial charge in [0.1, 0.15) is 5.78 Å². The van der Waals surface area contributed by atoms with Crippen molar-refractivity contribution in [2.45, 2.75) is 38.5 Å². The van der Waals surface area contributed by atoms with Gasteiger partial charge in [-0.25, -0.2) is 0 Å². The first-order chi connectivity index (χ1) is 5.75. The van der Waals surface area contributed by atoms with Crippen LogP contribution in [-0.4, -0.2) is 5.78 Å². The van der Waals surface area contributed by atoms with Crippen molar-refractivity contribution in [3.63, 3.8) is 0 Å². The normalized spacial score (nSPS) is 36.3. The van der Waals surface area contributed by atoms with Crippen LogP contribution in [0.5, 0.6) is 0 Å². The molecule has 0 aromatic carbocycles. The number of hydrogen-bond donors (Lipinski definition) is 0. The first kappa shape index (κ1) is 8.03. The number of Topliss-reactive ketones (excluding diaryl/α,β-unsaturated/α-hetero) is 1. The third kappa shape index (κ3) is 1.45. The fourth-order valence-electron chi connectivity index (χ4n) is 2.62. The summed E-state index contributed by atoms with van der Waals surface area (Å²) in [5.41, 5.74) is 1.37.